The van der Waals surface area contributed by atoms with Crippen molar-refractivity contribution in [2.75, 3.05) is 6.54 Å². The number of carbonyl (C=O) groups excluding carboxylic acids is 2. The van der Waals surface area contributed by atoms with Crippen LogP contribution < -0.4 is 10.6 Å². The average molecular weight is 342 g/mol. The summed E-state index contributed by atoms with van der Waals surface area (Å²) in [4.78, 5) is 24.7. The zero-order valence-electron chi connectivity index (χ0n) is 15.0. The molecular weight excluding hydrogens is 312 g/mol. The Kier molecular flexibility index (Phi) is 6.48. The average Bonchev–Trinajstić information content (AvgIpc) is 3.15. The first-order chi connectivity index (χ1) is 12.2. The van der Waals surface area contributed by atoms with Crippen LogP contribution in [0.25, 0.3) is 0 Å². The Morgan fingerprint density at radius 3 is 2.08 bits per heavy atom. The van der Waals surface area contributed by atoms with Gasteiger partial charge in [-0.25, -0.2) is 0 Å². The molecule has 0 saturated heterocycles. The monoisotopic (exact) mass is 342 g/mol. The van der Waals surface area contributed by atoms with E-state index in [0.29, 0.717) is 12.6 Å². The van der Waals surface area contributed by atoms with Gasteiger partial charge in [0.05, 0.1) is 0 Å². The zero-order valence-corrected chi connectivity index (χ0v) is 15.0. The minimum atomic E-state index is 0.0753. The predicted octanol–water partition coefficient (Wildman–Crippen LogP) is 3.21. The summed E-state index contributed by atoms with van der Waals surface area (Å²) in [7, 11) is 0. The van der Waals surface area contributed by atoms with Crippen LogP contribution in [0.1, 0.15) is 56.9 Å². The summed E-state index contributed by atoms with van der Waals surface area (Å²) in [6.07, 6.45) is 8.95. The first-order valence-corrected chi connectivity index (χ1v) is 9.84. The third-order valence-corrected chi connectivity index (χ3v) is 5.73. The van der Waals surface area contributed by atoms with Crippen LogP contribution in [0.15, 0.2) is 30.3 Å². The van der Waals surface area contributed by atoms with Crippen LogP contribution in [0, 0.1) is 11.8 Å². The lowest BCUT2D eigenvalue weighted by Crippen LogP contribution is -2.40. The molecule has 2 aliphatic carbocycles. The molecule has 1 aromatic carbocycles. The Hall–Kier alpha value is -1.84. The predicted molar refractivity (Wildman–Crippen MR) is 99.0 cm³/mol. The van der Waals surface area contributed by atoms with Crippen molar-refractivity contribution in [3.05, 3.63) is 35.9 Å². The van der Waals surface area contributed by atoms with E-state index in [-0.39, 0.29) is 23.7 Å². The van der Waals surface area contributed by atoms with Gasteiger partial charge in [0.25, 0.3) is 0 Å². The SMILES string of the molecule is O=C(NCCc1ccccc1)C1CCC(C(=O)NC2CCCC2)CC1. The van der Waals surface area contributed by atoms with Crippen LogP contribution in [0.2, 0.25) is 0 Å². The molecule has 0 heterocycles. The van der Waals surface area contributed by atoms with Crippen molar-refractivity contribution in [1.82, 2.24) is 10.6 Å². The zero-order chi connectivity index (χ0) is 17.5. The van der Waals surface area contributed by atoms with Crippen LogP contribution in [-0.2, 0) is 16.0 Å². The molecule has 0 unspecified atom stereocenters. The summed E-state index contributed by atoms with van der Waals surface area (Å²) in [5.41, 5.74) is 1.25. The van der Waals surface area contributed by atoms with Gasteiger partial charge in [-0.05, 0) is 50.5 Å². The van der Waals surface area contributed by atoms with Gasteiger partial charge in [-0.1, -0.05) is 43.2 Å². The molecule has 0 spiro atoms. The van der Waals surface area contributed by atoms with Gasteiger partial charge in [0, 0.05) is 24.4 Å². The molecule has 0 bridgehead atoms. The topological polar surface area (TPSA) is 58.2 Å². The fourth-order valence-electron chi connectivity index (χ4n) is 4.13. The van der Waals surface area contributed by atoms with Crippen LogP contribution >= 0.6 is 0 Å². The molecule has 136 valence electrons. The Bertz CT molecular complexity index is 559. The second-order valence-electron chi connectivity index (χ2n) is 7.57. The summed E-state index contributed by atoms with van der Waals surface area (Å²) in [6, 6.07) is 10.6. The van der Waals surface area contributed by atoms with E-state index in [9.17, 15) is 9.59 Å². The molecule has 2 fully saturated rings. The molecule has 2 saturated carbocycles. The largest absolute Gasteiger partial charge is 0.356 e. The summed E-state index contributed by atoms with van der Waals surface area (Å²) in [5.74, 6) is 0.556. The molecule has 25 heavy (non-hydrogen) atoms. The van der Waals surface area contributed by atoms with E-state index in [1.165, 1.54) is 18.4 Å². The van der Waals surface area contributed by atoms with E-state index < -0.39 is 0 Å². The number of amides is 2. The van der Waals surface area contributed by atoms with Gasteiger partial charge in [0.2, 0.25) is 11.8 Å². The first-order valence-electron chi connectivity index (χ1n) is 9.84. The van der Waals surface area contributed by atoms with Crippen molar-refractivity contribution in [1.29, 1.82) is 0 Å². The number of carbonyl (C=O) groups is 2. The lowest BCUT2D eigenvalue weighted by atomic mass is 9.81. The molecule has 3 rings (SSSR count). The van der Waals surface area contributed by atoms with Crippen molar-refractivity contribution in [3.8, 4) is 0 Å². The van der Waals surface area contributed by atoms with Crippen LogP contribution in [0.3, 0.4) is 0 Å². The molecule has 0 aromatic heterocycles. The minimum absolute atomic E-state index is 0.0753. The van der Waals surface area contributed by atoms with Crippen molar-refractivity contribution in [3.63, 3.8) is 0 Å². The molecule has 4 heteroatoms. The van der Waals surface area contributed by atoms with Gasteiger partial charge in [0.15, 0.2) is 0 Å². The van der Waals surface area contributed by atoms with E-state index in [1.807, 2.05) is 18.2 Å². The Morgan fingerprint density at radius 1 is 0.840 bits per heavy atom. The molecule has 4 nitrogen and oxygen atoms in total. The Balaban J connectivity index is 1.35. The first kappa shape index (κ1) is 18.0. The second-order valence-corrected chi connectivity index (χ2v) is 7.57. The normalized spacial score (nSPS) is 24.0. The maximum absolute atomic E-state index is 12.3. The summed E-state index contributed by atoms with van der Waals surface area (Å²) < 4.78 is 0. The number of rotatable bonds is 6. The van der Waals surface area contributed by atoms with Crippen molar-refractivity contribution >= 4 is 11.8 Å². The molecule has 0 radical (unpaired) electrons. The van der Waals surface area contributed by atoms with Crippen molar-refractivity contribution in [2.45, 2.75) is 63.8 Å². The summed E-state index contributed by atoms with van der Waals surface area (Å²) in [6.45, 7) is 0.685. The van der Waals surface area contributed by atoms with Crippen molar-refractivity contribution < 1.29 is 9.59 Å². The highest BCUT2D eigenvalue weighted by molar-refractivity contribution is 5.81. The Morgan fingerprint density at radius 2 is 1.44 bits per heavy atom. The molecule has 2 amide bonds. The van der Waals surface area contributed by atoms with Crippen LogP contribution in [0.4, 0.5) is 0 Å². The van der Waals surface area contributed by atoms with Gasteiger partial charge >= 0.3 is 0 Å². The quantitative estimate of drug-likeness (QED) is 0.834. The van der Waals surface area contributed by atoms with Crippen molar-refractivity contribution in [2.24, 2.45) is 11.8 Å². The summed E-state index contributed by atoms with van der Waals surface area (Å²) >= 11 is 0. The minimum Gasteiger partial charge on any atom is -0.356 e. The number of nitrogens with one attached hydrogen (secondary N) is 2. The number of hydrogen-bond acceptors (Lipinski definition) is 2. The van der Waals surface area contributed by atoms with Gasteiger partial charge in [-0.3, -0.25) is 9.59 Å². The van der Waals surface area contributed by atoms with Crippen LogP contribution in [-0.4, -0.2) is 24.4 Å². The van der Waals surface area contributed by atoms with E-state index >= 15 is 0 Å². The van der Waals surface area contributed by atoms with Gasteiger partial charge in [-0.2, -0.15) is 0 Å². The smallest absolute Gasteiger partial charge is 0.223 e. The van der Waals surface area contributed by atoms with E-state index in [2.05, 4.69) is 22.8 Å². The maximum atomic E-state index is 12.3. The van der Waals surface area contributed by atoms with E-state index in [1.54, 1.807) is 0 Å². The third-order valence-electron chi connectivity index (χ3n) is 5.73. The highest BCUT2D eigenvalue weighted by atomic mass is 16.2. The maximum Gasteiger partial charge on any atom is 0.223 e. The molecule has 1 aromatic rings. The summed E-state index contributed by atoms with van der Waals surface area (Å²) in [5, 5.41) is 6.27. The highest BCUT2D eigenvalue weighted by Crippen LogP contribution is 2.29. The lowest BCUT2D eigenvalue weighted by molar-refractivity contribution is -0.130. The van der Waals surface area contributed by atoms with E-state index in [0.717, 1.165) is 44.9 Å². The fraction of sp³-hybridized carbons (Fsp3) is 0.619. The molecule has 2 N–H and O–H groups in total. The molecular formula is C21H30N2O2. The van der Waals surface area contributed by atoms with E-state index in [4.69, 9.17) is 0 Å². The number of hydrogen-bond donors (Lipinski definition) is 2. The van der Waals surface area contributed by atoms with Crippen LogP contribution in [0.5, 0.6) is 0 Å². The molecule has 2 aliphatic rings. The third kappa shape index (κ3) is 5.32. The molecule has 0 aliphatic heterocycles. The lowest BCUT2D eigenvalue weighted by Gasteiger charge is -2.28. The number of benzene rings is 1. The second kappa shape index (κ2) is 9.02. The van der Waals surface area contributed by atoms with Gasteiger partial charge in [-0.15, -0.1) is 0 Å². The highest BCUT2D eigenvalue weighted by Gasteiger charge is 2.30. The standard InChI is InChI=1S/C21H30N2O2/c24-20(22-15-14-16-6-2-1-3-7-16)17-10-12-18(13-11-17)21(25)23-19-8-4-5-9-19/h1-3,6-7,17-19H,4-5,8-15H2,(H,22,24)(H,23,25). The van der Waals surface area contributed by atoms with Gasteiger partial charge < -0.3 is 10.6 Å². The fourth-order valence-corrected chi connectivity index (χ4v) is 4.13. The Labute approximate surface area is 150 Å². The molecule has 0 atom stereocenters. The van der Waals surface area contributed by atoms with Gasteiger partial charge in [0.1, 0.15) is 0 Å².